The maximum atomic E-state index is 4.06. The average molecular weight is 133 g/mol. The minimum Gasteiger partial charge on any atom is -0.313 e. The number of fused-ring (bicyclic) bond motifs is 1. The van der Waals surface area contributed by atoms with Crippen LogP contribution in [0.1, 0.15) is 0 Å². The summed E-state index contributed by atoms with van der Waals surface area (Å²) in [4.78, 5) is 10.0. The summed E-state index contributed by atoms with van der Waals surface area (Å²) in [5, 5.41) is 0. The van der Waals surface area contributed by atoms with Gasteiger partial charge in [-0.1, -0.05) is 6.08 Å². The number of aliphatic imine (C=N–C) groups is 2. The van der Waals surface area contributed by atoms with Crippen LogP contribution in [0.4, 0.5) is 0 Å². The van der Waals surface area contributed by atoms with Gasteiger partial charge in [0.05, 0.1) is 0 Å². The molecule has 0 N–H and O–H groups in total. The van der Waals surface area contributed by atoms with Crippen LogP contribution in [0.5, 0.6) is 0 Å². The van der Waals surface area contributed by atoms with Crippen LogP contribution < -0.4 is 0 Å². The number of hydrogen-bond acceptors (Lipinski definition) is 3. The van der Waals surface area contributed by atoms with Crippen molar-refractivity contribution in [3.63, 3.8) is 0 Å². The summed E-state index contributed by atoms with van der Waals surface area (Å²) in [6.07, 6.45) is 9.46. The van der Waals surface area contributed by atoms with Gasteiger partial charge in [0.2, 0.25) is 0 Å². The first kappa shape index (κ1) is 5.41. The molecular weight excluding hydrogens is 126 g/mol. The van der Waals surface area contributed by atoms with Crippen LogP contribution in [-0.2, 0) is 0 Å². The Balaban J connectivity index is 2.34. The van der Waals surface area contributed by atoms with Crippen molar-refractivity contribution in [1.82, 2.24) is 4.90 Å². The fourth-order valence-electron chi connectivity index (χ4n) is 0.929. The van der Waals surface area contributed by atoms with E-state index in [9.17, 15) is 0 Å². The molecule has 0 aliphatic carbocycles. The highest BCUT2D eigenvalue weighted by molar-refractivity contribution is 5.99. The van der Waals surface area contributed by atoms with E-state index in [0.29, 0.717) is 6.67 Å². The summed E-state index contributed by atoms with van der Waals surface area (Å²) in [6, 6.07) is 0. The highest BCUT2D eigenvalue weighted by Gasteiger charge is 2.07. The second kappa shape index (κ2) is 2.10. The number of allylic oxidation sites excluding steroid dienone is 2. The van der Waals surface area contributed by atoms with Crippen molar-refractivity contribution in [2.75, 3.05) is 6.67 Å². The van der Waals surface area contributed by atoms with Crippen molar-refractivity contribution in [1.29, 1.82) is 0 Å². The first-order chi connectivity index (χ1) is 4.97. The monoisotopic (exact) mass is 133 g/mol. The zero-order valence-electron chi connectivity index (χ0n) is 5.44. The molecule has 3 nitrogen and oxygen atoms in total. The van der Waals surface area contributed by atoms with E-state index in [1.165, 1.54) is 0 Å². The van der Waals surface area contributed by atoms with Crippen molar-refractivity contribution in [3.8, 4) is 0 Å². The van der Waals surface area contributed by atoms with Crippen LogP contribution in [0.2, 0.25) is 0 Å². The molecule has 0 fully saturated rings. The Hall–Kier alpha value is -1.38. The third-order valence-corrected chi connectivity index (χ3v) is 1.42. The molecule has 0 aromatic rings. The third-order valence-electron chi connectivity index (χ3n) is 1.42. The lowest BCUT2D eigenvalue weighted by molar-refractivity contribution is 0.570. The molecule has 0 bridgehead atoms. The zero-order valence-corrected chi connectivity index (χ0v) is 5.44. The van der Waals surface area contributed by atoms with Gasteiger partial charge in [-0.2, -0.15) is 0 Å². The smallest absolute Gasteiger partial charge is 0.135 e. The molecule has 0 spiro atoms. The molecule has 0 aromatic heterocycles. The summed E-state index contributed by atoms with van der Waals surface area (Å²) in [7, 11) is 0. The van der Waals surface area contributed by atoms with Crippen molar-refractivity contribution >= 4 is 12.2 Å². The van der Waals surface area contributed by atoms with Gasteiger partial charge in [0.25, 0.3) is 0 Å². The maximum Gasteiger partial charge on any atom is 0.135 e. The molecule has 2 aliphatic rings. The summed E-state index contributed by atoms with van der Waals surface area (Å²) in [6.45, 7) is 0.694. The molecule has 0 radical (unpaired) electrons. The Labute approximate surface area is 59.1 Å². The van der Waals surface area contributed by atoms with Gasteiger partial charge in [0.1, 0.15) is 18.8 Å². The van der Waals surface area contributed by atoms with Crippen LogP contribution in [0.25, 0.3) is 0 Å². The minimum atomic E-state index is 0.694. The van der Waals surface area contributed by atoms with Gasteiger partial charge in [0.15, 0.2) is 0 Å². The van der Waals surface area contributed by atoms with Crippen LogP contribution >= 0.6 is 0 Å². The minimum absolute atomic E-state index is 0.694. The van der Waals surface area contributed by atoms with Crippen LogP contribution in [0.15, 0.2) is 34.4 Å². The predicted octanol–water partition coefficient (Wildman–Crippen LogP) is 0.770. The molecule has 0 unspecified atom stereocenters. The van der Waals surface area contributed by atoms with Crippen LogP contribution in [0.3, 0.4) is 0 Å². The normalized spacial score (nSPS) is 20.8. The van der Waals surface area contributed by atoms with Gasteiger partial charge in [-0.15, -0.1) is 0 Å². The quantitative estimate of drug-likeness (QED) is 0.479. The Bertz CT molecular complexity index is 248. The maximum absolute atomic E-state index is 4.06. The van der Waals surface area contributed by atoms with Crippen LogP contribution in [-0.4, -0.2) is 23.7 Å². The van der Waals surface area contributed by atoms with E-state index in [0.717, 1.165) is 5.84 Å². The Morgan fingerprint density at radius 2 is 2.40 bits per heavy atom. The van der Waals surface area contributed by atoms with Crippen molar-refractivity contribution in [2.24, 2.45) is 9.98 Å². The van der Waals surface area contributed by atoms with E-state index in [-0.39, 0.29) is 0 Å². The lowest BCUT2D eigenvalue weighted by Crippen LogP contribution is -2.28. The summed E-state index contributed by atoms with van der Waals surface area (Å²) in [5.74, 6) is 0.970. The van der Waals surface area contributed by atoms with E-state index in [1.54, 1.807) is 6.34 Å². The van der Waals surface area contributed by atoms with E-state index in [2.05, 4.69) is 9.98 Å². The number of hydrogen-bond donors (Lipinski definition) is 0. The molecule has 2 heterocycles. The van der Waals surface area contributed by atoms with Crippen molar-refractivity contribution < 1.29 is 0 Å². The number of nitrogens with zero attached hydrogens (tertiary/aromatic N) is 3. The molecule has 0 saturated carbocycles. The van der Waals surface area contributed by atoms with Gasteiger partial charge >= 0.3 is 0 Å². The Morgan fingerprint density at radius 1 is 1.40 bits per heavy atom. The van der Waals surface area contributed by atoms with Gasteiger partial charge in [0, 0.05) is 6.20 Å². The molecular formula is C7H7N3. The molecule has 3 heteroatoms. The standard InChI is InChI=1S/C7H7N3/c1-2-4-10-6-8-5-9-7(10)3-1/h1-5H,6H2. The number of amidine groups is 1. The summed E-state index contributed by atoms with van der Waals surface area (Å²) < 4.78 is 0. The molecule has 50 valence electrons. The summed E-state index contributed by atoms with van der Waals surface area (Å²) in [5.41, 5.74) is 0. The SMILES string of the molecule is C1=CC2=NC=NCN2C=C1. The Morgan fingerprint density at radius 3 is 3.30 bits per heavy atom. The highest BCUT2D eigenvalue weighted by atomic mass is 15.3. The second-order valence-corrected chi connectivity index (χ2v) is 2.10. The average Bonchev–Trinajstić information content (AvgIpc) is 2.05. The lowest BCUT2D eigenvalue weighted by atomic mass is 10.3. The molecule has 0 amide bonds. The molecule has 0 atom stereocenters. The first-order valence-electron chi connectivity index (χ1n) is 3.14. The topological polar surface area (TPSA) is 28.0 Å². The molecule has 2 rings (SSSR count). The molecule has 2 aliphatic heterocycles. The second-order valence-electron chi connectivity index (χ2n) is 2.10. The molecule has 0 saturated heterocycles. The molecule has 10 heavy (non-hydrogen) atoms. The Kier molecular flexibility index (Phi) is 1.13. The zero-order chi connectivity index (χ0) is 6.81. The molecule has 0 aromatic carbocycles. The fourth-order valence-corrected chi connectivity index (χ4v) is 0.929. The number of rotatable bonds is 0. The van der Waals surface area contributed by atoms with Crippen molar-refractivity contribution in [2.45, 2.75) is 0 Å². The van der Waals surface area contributed by atoms with Gasteiger partial charge in [-0.3, -0.25) is 4.99 Å². The van der Waals surface area contributed by atoms with E-state index < -0.39 is 0 Å². The largest absolute Gasteiger partial charge is 0.313 e. The lowest BCUT2D eigenvalue weighted by Gasteiger charge is -2.21. The van der Waals surface area contributed by atoms with E-state index in [1.807, 2.05) is 29.3 Å². The third kappa shape index (κ3) is 0.757. The van der Waals surface area contributed by atoms with E-state index in [4.69, 9.17) is 0 Å². The summed E-state index contributed by atoms with van der Waals surface area (Å²) >= 11 is 0. The van der Waals surface area contributed by atoms with Crippen molar-refractivity contribution in [3.05, 3.63) is 24.4 Å². The van der Waals surface area contributed by atoms with Gasteiger partial charge in [-0.25, -0.2) is 4.99 Å². The first-order valence-corrected chi connectivity index (χ1v) is 3.14. The van der Waals surface area contributed by atoms with Crippen LogP contribution in [0, 0.1) is 0 Å². The van der Waals surface area contributed by atoms with E-state index >= 15 is 0 Å². The van der Waals surface area contributed by atoms with Gasteiger partial charge < -0.3 is 4.90 Å². The predicted molar refractivity (Wildman–Crippen MR) is 40.9 cm³/mol. The highest BCUT2D eigenvalue weighted by Crippen LogP contribution is 2.04. The fraction of sp³-hybridized carbons (Fsp3) is 0.143. The van der Waals surface area contributed by atoms with Gasteiger partial charge in [-0.05, 0) is 12.2 Å².